The van der Waals surface area contributed by atoms with Gasteiger partial charge >= 0.3 is 0 Å². The van der Waals surface area contributed by atoms with Crippen LogP contribution in [0.15, 0.2) is 47.5 Å². The quantitative estimate of drug-likeness (QED) is 0.879. The number of benzene rings is 1. The van der Waals surface area contributed by atoms with Crippen LogP contribution >= 0.6 is 0 Å². The Labute approximate surface area is 116 Å². The second kappa shape index (κ2) is 5.69. The van der Waals surface area contributed by atoms with Crippen molar-refractivity contribution in [2.75, 3.05) is 5.32 Å². The Morgan fingerprint density at radius 1 is 1.25 bits per heavy atom. The van der Waals surface area contributed by atoms with Gasteiger partial charge in [-0.1, -0.05) is 12.1 Å². The highest BCUT2D eigenvalue weighted by Gasteiger charge is 2.07. The van der Waals surface area contributed by atoms with Gasteiger partial charge in [0.15, 0.2) is 5.69 Å². The Kier molecular flexibility index (Phi) is 3.98. The van der Waals surface area contributed by atoms with Gasteiger partial charge in [0.05, 0.1) is 10.6 Å². The molecule has 0 amide bonds. The van der Waals surface area contributed by atoms with Crippen LogP contribution < -0.4 is 10.5 Å². The standard InChI is InChI=1S/C13H12N4O2S/c14-8-13-12(2-1-7-16-13)17-9-10-3-5-11(6-4-10)20(15,18)19/h1-7,17H,9H2,(H2,15,18,19). The van der Waals surface area contributed by atoms with Gasteiger partial charge in [-0.3, -0.25) is 0 Å². The number of nitriles is 1. The van der Waals surface area contributed by atoms with E-state index in [-0.39, 0.29) is 4.90 Å². The highest BCUT2D eigenvalue weighted by Crippen LogP contribution is 2.14. The molecule has 0 spiro atoms. The van der Waals surface area contributed by atoms with Crippen LogP contribution in [0.25, 0.3) is 0 Å². The number of aromatic nitrogens is 1. The van der Waals surface area contributed by atoms with Gasteiger partial charge in [0.1, 0.15) is 6.07 Å². The Hall–Kier alpha value is -2.43. The molecule has 0 atom stereocenters. The van der Waals surface area contributed by atoms with E-state index in [4.69, 9.17) is 10.4 Å². The van der Waals surface area contributed by atoms with Gasteiger partial charge in [-0.2, -0.15) is 5.26 Å². The second-order valence-corrected chi connectivity index (χ2v) is 5.62. The average Bonchev–Trinajstić information content (AvgIpc) is 2.45. The number of rotatable bonds is 4. The first-order valence-electron chi connectivity index (χ1n) is 5.71. The fourth-order valence-electron chi connectivity index (χ4n) is 1.63. The molecule has 2 rings (SSSR count). The zero-order valence-electron chi connectivity index (χ0n) is 10.4. The van der Waals surface area contributed by atoms with E-state index in [1.165, 1.54) is 12.1 Å². The van der Waals surface area contributed by atoms with Gasteiger partial charge in [0.2, 0.25) is 10.0 Å². The third-order valence-corrected chi connectivity index (χ3v) is 3.58. The lowest BCUT2D eigenvalue weighted by Crippen LogP contribution is -2.12. The Morgan fingerprint density at radius 3 is 2.55 bits per heavy atom. The maximum Gasteiger partial charge on any atom is 0.238 e. The van der Waals surface area contributed by atoms with E-state index in [0.29, 0.717) is 17.9 Å². The Morgan fingerprint density at radius 2 is 1.95 bits per heavy atom. The predicted octanol–water partition coefficient (Wildman–Crippen LogP) is 1.21. The lowest BCUT2D eigenvalue weighted by molar-refractivity contribution is 0.598. The van der Waals surface area contributed by atoms with Crippen molar-refractivity contribution in [2.24, 2.45) is 5.14 Å². The van der Waals surface area contributed by atoms with Gasteiger partial charge < -0.3 is 5.32 Å². The molecule has 0 saturated carbocycles. The minimum atomic E-state index is -3.67. The molecule has 20 heavy (non-hydrogen) atoms. The molecule has 0 aliphatic heterocycles. The predicted molar refractivity (Wildman–Crippen MR) is 74.1 cm³/mol. The van der Waals surface area contributed by atoms with Crippen molar-refractivity contribution >= 4 is 15.7 Å². The first-order valence-corrected chi connectivity index (χ1v) is 7.26. The summed E-state index contributed by atoms with van der Waals surface area (Å²) in [5.74, 6) is 0. The molecule has 0 bridgehead atoms. The SMILES string of the molecule is N#Cc1ncccc1NCc1ccc(S(N)(=O)=O)cc1. The van der Waals surface area contributed by atoms with Crippen LogP contribution in [0.4, 0.5) is 5.69 Å². The summed E-state index contributed by atoms with van der Waals surface area (Å²) in [6, 6.07) is 11.7. The molecule has 102 valence electrons. The molecule has 6 nitrogen and oxygen atoms in total. The number of sulfonamides is 1. The van der Waals surface area contributed by atoms with Gasteiger partial charge in [0.25, 0.3) is 0 Å². The number of primary sulfonamides is 1. The smallest absolute Gasteiger partial charge is 0.238 e. The van der Waals surface area contributed by atoms with Crippen molar-refractivity contribution in [2.45, 2.75) is 11.4 Å². The van der Waals surface area contributed by atoms with Crippen LogP contribution in [0.5, 0.6) is 0 Å². The zero-order chi connectivity index (χ0) is 14.6. The van der Waals surface area contributed by atoms with Crippen molar-refractivity contribution in [3.05, 3.63) is 53.9 Å². The molecule has 3 N–H and O–H groups in total. The molecule has 1 heterocycles. The first kappa shape index (κ1) is 14.0. The summed E-state index contributed by atoms with van der Waals surface area (Å²) in [6.07, 6.45) is 1.55. The third kappa shape index (κ3) is 3.32. The molecule has 0 radical (unpaired) electrons. The van der Waals surface area contributed by atoms with Crippen molar-refractivity contribution in [1.29, 1.82) is 5.26 Å². The van der Waals surface area contributed by atoms with Crippen molar-refractivity contribution in [1.82, 2.24) is 4.98 Å². The van der Waals surface area contributed by atoms with Crippen molar-refractivity contribution < 1.29 is 8.42 Å². The highest BCUT2D eigenvalue weighted by atomic mass is 32.2. The summed E-state index contributed by atoms with van der Waals surface area (Å²) >= 11 is 0. The molecule has 0 unspecified atom stereocenters. The summed E-state index contributed by atoms with van der Waals surface area (Å²) < 4.78 is 22.2. The van der Waals surface area contributed by atoms with Gasteiger partial charge in [0, 0.05) is 12.7 Å². The lowest BCUT2D eigenvalue weighted by Gasteiger charge is -2.07. The fourth-order valence-corrected chi connectivity index (χ4v) is 2.15. The average molecular weight is 288 g/mol. The lowest BCUT2D eigenvalue weighted by atomic mass is 10.2. The minimum Gasteiger partial charge on any atom is -0.379 e. The van der Waals surface area contributed by atoms with Crippen LogP contribution in [0, 0.1) is 11.3 Å². The number of hydrogen-bond acceptors (Lipinski definition) is 5. The molecule has 1 aromatic heterocycles. The third-order valence-electron chi connectivity index (χ3n) is 2.65. The summed E-state index contributed by atoms with van der Waals surface area (Å²) in [5.41, 5.74) is 1.81. The molecule has 7 heteroatoms. The van der Waals surface area contributed by atoms with Crippen LogP contribution in [0.1, 0.15) is 11.3 Å². The zero-order valence-corrected chi connectivity index (χ0v) is 11.3. The maximum atomic E-state index is 11.1. The Balaban J connectivity index is 2.10. The fraction of sp³-hybridized carbons (Fsp3) is 0.0769. The summed E-state index contributed by atoms with van der Waals surface area (Å²) in [4.78, 5) is 4.01. The number of nitrogens with two attached hydrogens (primary N) is 1. The van der Waals surface area contributed by atoms with Crippen LogP contribution in [0.3, 0.4) is 0 Å². The Bertz CT molecular complexity index is 749. The van der Waals surface area contributed by atoms with Crippen LogP contribution in [-0.4, -0.2) is 13.4 Å². The van der Waals surface area contributed by atoms with Gasteiger partial charge in [-0.05, 0) is 29.8 Å². The van der Waals surface area contributed by atoms with E-state index in [0.717, 1.165) is 5.56 Å². The molecule has 0 fully saturated rings. The van der Waals surface area contributed by atoms with Crippen molar-refractivity contribution in [3.63, 3.8) is 0 Å². The normalized spacial score (nSPS) is 10.8. The largest absolute Gasteiger partial charge is 0.379 e. The van der Waals surface area contributed by atoms with E-state index in [1.807, 2.05) is 6.07 Å². The first-order chi connectivity index (χ1) is 9.50. The van der Waals surface area contributed by atoms with Crippen molar-refractivity contribution in [3.8, 4) is 6.07 Å². The number of nitrogens with one attached hydrogen (secondary N) is 1. The van der Waals surface area contributed by atoms with Crippen LogP contribution in [-0.2, 0) is 16.6 Å². The topological polar surface area (TPSA) is 109 Å². The molecule has 1 aromatic carbocycles. The number of nitrogens with zero attached hydrogens (tertiary/aromatic N) is 2. The molecule has 2 aromatic rings. The highest BCUT2D eigenvalue weighted by molar-refractivity contribution is 7.89. The number of hydrogen-bond donors (Lipinski definition) is 2. The summed E-state index contributed by atoms with van der Waals surface area (Å²) in [7, 11) is -3.67. The number of anilines is 1. The van der Waals surface area contributed by atoms with E-state index < -0.39 is 10.0 Å². The molecular weight excluding hydrogens is 276 g/mol. The summed E-state index contributed by atoms with van der Waals surface area (Å²) in [5, 5.41) is 17.0. The van der Waals surface area contributed by atoms with Gasteiger partial charge in [-0.15, -0.1) is 0 Å². The number of pyridine rings is 1. The minimum absolute atomic E-state index is 0.0698. The summed E-state index contributed by atoms with van der Waals surface area (Å²) in [6.45, 7) is 0.450. The van der Waals surface area contributed by atoms with Crippen LogP contribution in [0.2, 0.25) is 0 Å². The molecule has 0 aliphatic carbocycles. The second-order valence-electron chi connectivity index (χ2n) is 4.05. The molecule has 0 aliphatic rings. The van der Waals surface area contributed by atoms with E-state index >= 15 is 0 Å². The molecular formula is C13H12N4O2S. The van der Waals surface area contributed by atoms with Gasteiger partial charge in [-0.25, -0.2) is 18.5 Å². The van der Waals surface area contributed by atoms with E-state index in [1.54, 1.807) is 30.5 Å². The van der Waals surface area contributed by atoms with E-state index in [9.17, 15) is 8.42 Å². The maximum absolute atomic E-state index is 11.1. The van der Waals surface area contributed by atoms with E-state index in [2.05, 4.69) is 10.3 Å². The molecule has 0 saturated heterocycles. The monoisotopic (exact) mass is 288 g/mol.